The molecule has 0 aromatic carbocycles. The predicted molar refractivity (Wildman–Crippen MR) is 131 cm³/mol. The fraction of sp³-hybridized carbons (Fsp3) is 0.867. The molecule has 0 aromatic rings. The van der Waals surface area contributed by atoms with Gasteiger partial charge in [0.05, 0.1) is 0 Å². The van der Waals surface area contributed by atoms with Crippen molar-refractivity contribution in [2.24, 2.45) is 45.3 Å². The molecule has 4 aliphatic rings. The number of allylic oxidation sites excluding steroid dienone is 4. The summed E-state index contributed by atoms with van der Waals surface area (Å²) in [6, 6.07) is 0. The van der Waals surface area contributed by atoms with Crippen molar-refractivity contribution in [1.82, 2.24) is 0 Å². The monoisotopic (exact) mass is 410 g/mol. The predicted octanol–water partition coefficient (Wildman–Crippen LogP) is 9.36. The highest BCUT2D eigenvalue weighted by molar-refractivity contribution is 5.49. The standard InChI is InChI=1S/C30H50/c1-21(2)11-9-12-22(3)23-15-19-30(8)25-13-14-26-27(4,5)17-10-18-28(26,6)24(25)16-20-29(23,30)7/h13,16,21-23,26H,9-12,14-15,17-20H2,1-8H3/t22-,23-,26+,28-,29-,30+/m1/s1. The molecule has 0 heteroatoms. The molecule has 170 valence electrons. The zero-order valence-corrected chi connectivity index (χ0v) is 21.5. The molecule has 0 saturated heterocycles. The molecule has 4 rings (SSSR count). The van der Waals surface area contributed by atoms with E-state index >= 15 is 0 Å². The molecule has 0 aliphatic heterocycles. The Morgan fingerprint density at radius 3 is 2.33 bits per heavy atom. The van der Waals surface area contributed by atoms with E-state index in [1.165, 1.54) is 64.2 Å². The number of hydrogen-bond acceptors (Lipinski definition) is 0. The van der Waals surface area contributed by atoms with Crippen molar-refractivity contribution in [2.45, 2.75) is 120 Å². The van der Waals surface area contributed by atoms with Gasteiger partial charge in [0.15, 0.2) is 0 Å². The van der Waals surface area contributed by atoms with Crippen LogP contribution in [-0.2, 0) is 0 Å². The first kappa shape index (κ1) is 22.7. The van der Waals surface area contributed by atoms with Crippen LogP contribution in [0.3, 0.4) is 0 Å². The van der Waals surface area contributed by atoms with E-state index in [1.54, 1.807) is 11.1 Å². The molecule has 4 aliphatic carbocycles. The van der Waals surface area contributed by atoms with Crippen LogP contribution in [0, 0.1) is 45.3 Å². The molecule has 30 heavy (non-hydrogen) atoms. The Morgan fingerprint density at radius 2 is 1.63 bits per heavy atom. The highest BCUT2D eigenvalue weighted by atomic mass is 14.7. The van der Waals surface area contributed by atoms with Crippen LogP contribution in [0.5, 0.6) is 0 Å². The second-order valence-corrected chi connectivity index (χ2v) is 13.7. The van der Waals surface area contributed by atoms with Crippen molar-refractivity contribution in [3.8, 4) is 0 Å². The summed E-state index contributed by atoms with van der Waals surface area (Å²) in [5.41, 5.74) is 5.33. The number of hydrogen-bond donors (Lipinski definition) is 0. The van der Waals surface area contributed by atoms with E-state index in [4.69, 9.17) is 0 Å². The maximum atomic E-state index is 2.76. The molecule has 0 unspecified atom stereocenters. The Morgan fingerprint density at radius 1 is 0.900 bits per heavy atom. The van der Waals surface area contributed by atoms with Gasteiger partial charge in [0.2, 0.25) is 0 Å². The number of rotatable bonds is 5. The highest BCUT2D eigenvalue weighted by Gasteiger charge is 2.62. The summed E-state index contributed by atoms with van der Waals surface area (Å²) in [4.78, 5) is 0. The largest absolute Gasteiger partial charge is 0.0801 e. The lowest BCUT2D eigenvalue weighted by molar-refractivity contribution is 0.00740. The molecule has 0 aromatic heterocycles. The van der Waals surface area contributed by atoms with Gasteiger partial charge in [0.1, 0.15) is 0 Å². The van der Waals surface area contributed by atoms with Crippen LogP contribution in [0.2, 0.25) is 0 Å². The molecular weight excluding hydrogens is 360 g/mol. The van der Waals surface area contributed by atoms with Crippen LogP contribution in [0.25, 0.3) is 0 Å². The maximum Gasteiger partial charge on any atom is -0.00160 e. The second-order valence-electron chi connectivity index (χ2n) is 13.7. The van der Waals surface area contributed by atoms with Gasteiger partial charge >= 0.3 is 0 Å². The lowest BCUT2D eigenvalue weighted by atomic mass is 9.44. The van der Waals surface area contributed by atoms with Gasteiger partial charge in [-0.25, -0.2) is 0 Å². The van der Waals surface area contributed by atoms with E-state index in [0.717, 1.165) is 23.7 Å². The summed E-state index contributed by atoms with van der Waals surface area (Å²) >= 11 is 0. The van der Waals surface area contributed by atoms with Gasteiger partial charge in [-0.1, -0.05) is 93.2 Å². The van der Waals surface area contributed by atoms with Gasteiger partial charge in [-0.2, -0.15) is 0 Å². The lowest BCUT2D eigenvalue weighted by Crippen LogP contribution is -2.50. The minimum Gasteiger partial charge on any atom is -0.0801 e. The van der Waals surface area contributed by atoms with Crippen LogP contribution < -0.4 is 0 Å². The first-order chi connectivity index (χ1) is 14.0. The SMILES string of the molecule is CC(C)CCC[C@@H](C)[C@H]1CC[C@@]2(C)C3=CC[C@H]4C(C)(C)CCC[C@]4(C)C3=CC[C@]12C. The van der Waals surface area contributed by atoms with Gasteiger partial charge in [-0.15, -0.1) is 0 Å². The van der Waals surface area contributed by atoms with Crippen LogP contribution >= 0.6 is 0 Å². The Bertz CT molecular complexity index is 720. The van der Waals surface area contributed by atoms with Crippen molar-refractivity contribution in [3.05, 3.63) is 23.3 Å². The number of fused-ring (bicyclic) bond motifs is 5. The van der Waals surface area contributed by atoms with Gasteiger partial charge in [-0.3, -0.25) is 0 Å². The van der Waals surface area contributed by atoms with Crippen LogP contribution in [-0.4, -0.2) is 0 Å². The normalized spacial score (nSPS) is 43.4. The summed E-state index contributed by atoms with van der Waals surface area (Å²) in [5, 5.41) is 0. The van der Waals surface area contributed by atoms with Crippen LogP contribution in [0.15, 0.2) is 23.3 Å². The van der Waals surface area contributed by atoms with Crippen molar-refractivity contribution in [2.75, 3.05) is 0 Å². The smallest absolute Gasteiger partial charge is 0.00160 e. The van der Waals surface area contributed by atoms with Gasteiger partial charge in [-0.05, 0) is 95.0 Å². The Hall–Kier alpha value is -0.520. The van der Waals surface area contributed by atoms with E-state index in [9.17, 15) is 0 Å². The molecule has 0 heterocycles. The van der Waals surface area contributed by atoms with Crippen molar-refractivity contribution >= 4 is 0 Å². The molecule has 2 fully saturated rings. The molecule has 6 atom stereocenters. The lowest BCUT2D eigenvalue weighted by Gasteiger charge is -2.60. The fourth-order valence-corrected chi connectivity index (χ4v) is 9.09. The molecule has 0 radical (unpaired) electrons. The van der Waals surface area contributed by atoms with Gasteiger partial charge in [0, 0.05) is 0 Å². The summed E-state index contributed by atoms with van der Waals surface area (Å²) < 4.78 is 0. The third-order valence-corrected chi connectivity index (χ3v) is 11.2. The van der Waals surface area contributed by atoms with Gasteiger partial charge < -0.3 is 0 Å². The third-order valence-electron chi connectivity index (χ3n) is 11.2. The fourth-order valence-electron chi connectivity index (χ4n) is 9.09. The van der Waals surface area contributed by atoms with Crippen molar-refractivity contribution in [3.63, 3.8) is 0 Å². The van der Waals surface area contributed by atoms with Crippen LogP contribution in [0.4, 0.5) is 0 Å². The topological polar surface area (TPSA) is 0 Å². The Kier molecular flexibility index (Phi) is 5.68. The van der Waals surface area contributed by atoms with E-state index in [1.807, 2.05) is 0 Å². The molecule has 0 N–H and O–H groups in total. The minimum absolute atomic E-state index is 0.392. The summed E-state index contributed by atoms with van der Waals surface area (Å²) in [7, 11) is 0. The summed E-state index contributed by atoms with van der Waals surface area (Å²) in [6.07, 6.45) is 19.5. The average molecular weight is 411 g/mol. The van der Waals surface area contributed by atoms with E-state index < -0.39 is 0 Å². The summed E-state index contributed by atoms with van der Waals surface area (Å²) in [5.74, 6) is 3.44. The Balaban J connectivity index is 1.63. The summed E-state index contributed by atoms with van der Waals surface area (Å²) in [6.45, 7) is 20.4. The average Bonchev–Trinajstić information content (AvgIpc) is 2.92. The van der Waals surface area contributed by atoms with Crippen molar-refractivity contribution in [1.29, 1.82) is 0 Å². The van der Waals surface area contributed by atoms with E-state index in [2.05, 4.69) is 67.5 Å². The second kappa shape index (κ2) is 7.52. The first-order valence-electron chi connectivity index (χ1n) is 13.4. The molecule has 0 amide bonds. The minimum atomic E-state index is 0.392. The molecule has 0 nitrogen and oxygen atoms in total. The molecule has 0 spiro atoms. The quantitative estimate of drug-likeness (QED) is 0.423. The zero-order chi connectivity index (χ0) is 21.9. The first-order valence-corrected chi connectivity index (χ1v) is 13.4. The molecule has 0 bridgehead atoms. The van der Waals surface area contributed by atoms with Crippen LogP contribution in [0.1, 0.15) is 120 Å². The Labute approximate surface area is 188 Å². The highest BCUT2D eigenvalue weighted by Crippen LogP contribution is 2.71. The zero-order valence-electron chi connectivity index (χ0n) is 21.5. The van der Waals surface area contributed by atoms with Gasteiger partial charge in [0.25, 0.3) is 0 Å². The molecular formula is C30H50. The van der Waals surface area contributed by atoms with E-state index in [-0.39, 0.29) is 0 Å². The van der Waals surface area contributed by atoms with Crippen molar-refractivity contribution < 1.29 is 0 Å². The van der Waals surface area contributed by atoms with E-state index in [0.29, 0.717) is 21.7 Å². The maximum absolute atomic E-state index is 2.76. The molecule has 2 saturated carbocycles. The third kappa shape index (κ3) is 3.21.